The summed E-state index contributed by atoms with van der Waals surface area (Å²) in [6.07, 6.45) is 9.85. The Morgan fingerprint density at radius 1 is 1.03 bits per heavy atom. The van der Waals surface area contributed by atoms with E-state index in [9.17, 15) is 13.2 Å². The molecule has 0 aromatic heterocycles. The molecule has 2 heterocycles. The summed E-state index contributed by atoms with van der Waals surface area (Å²) in [7, 11) is -3.54. The quantitative estimate of drug-likeness (QED) is 0.633. The van der Waals surface area contributed by atoms with E-state index in [4.69, 9.17) is 0 Å². The van der Waals surface area contributed by atoms with Crippen LogP contribution in [0.5, 0.6) is 0 Å². The first-order chi connectivity index (χ1) is 14.5. The van der Waals surface area contributed by atoms with Crippen LogP contribution in [-0.4, -0.2) is 62.3 Å². The molecular weight excluding hydrogens is 398 g/mol. The molecule has 0 radical (unpaired) electrons. The van der Waals surface area contributed by atoms with Crippen molar-refractivity contribution in [3.8, 4) is 0 Å². The maximum absolute atomic E-state index is 13.0. The van der Waals surface area contributed by atoms with Gasteiger partial charge in [-0.25, -0.2) is 8.42 Å². The van der Waals surface area contributed by atoms with Crippen LogP contribution in [0.3, 0.4) is 0 Å². The molecule has 2 aliphatic rings. The van der Waals surface area contributed by atoms with Crippen LogP contribution in [0.15, 0.2) is 29.2 Å². The molecule has 1 aromatic rings. The maximum Gasteiger partial charge on any atom is 0.251 e. The Bertz CT molecular complexity index is 789. The van der Waals surface area contributed by atoms with Gasteiger partial charge in [0, 0.05) is 31.2 Å². The van der Waals surface area contributed by atoms with Crippen LogP contribution in [0.1, 0.15) is 75.1 Å². The molecule has 1 amide bonds. The highest BCUT2D eigenvalue weighted by atomic mass is 32.2. The van der Waals surface area contributed by atoms with Gasteiger partial charge in [-0.15, -0.1) is 0 Å². The van der Waals surface area contributed by atoms with Crippen molar-refractivity contribution in [3.63, 3.8) is 0 Å². The minimum absolute atomic E-state index is 0.200. The number of likely N-dealkylation sites (tertiary alicyclic amines) is 1. The first kappa shape index (κ1) is 23.2. The van der Waals surface area contributed by atoms with Crippen molar-refractivity contribution in [2.24, 2.45) is 0 Å². The highest BCUT2D eigenvalue weighted by Gasteiger charge is 2.25. The number of hydrogen-bond acceptors (Lipinski definition) is 4. The maximum atomic E-state index is 13.0. The number of benzene rings is 1. The number of rotatable bonds is 8. The van der Waals surface area contributed by atoms with Crippen LogP contribution in [0.25, 0.3) is 0 Å². The Kier molecular flexibility index (Phi) is 8.72. The summed E-state index contributed by atoms with van der Waals surface area (Å²) in [5.41, 5.74) is 0.413. The number of carbonyl (C=O) groups excluding carboxylic acids is 1. The zero-order chi connectivity index (χ0) is 21.4. The Hall–Kier alpha value is -1.44. The zero-order valence-electron chi connectivity index (χ0n) is 18.3. The molecule has 0 bridgehead atoms. The van der Waals surface area contributed by atoms with E-state index in [0.29, 0.717) is 31.2 Å². The number of amides is 1. The van der Waals surface area contributed by atoms with E-state index in [1.807, 2.05) is 0 Å². The minimum Gasteiger partial charge on any atom is -0.352 e. The van der Waals surface area contributed by atoms with Gasteiger partial charge in [0.05, 0.1) is 4.90 Å². The average Bonchev–Trinajstić information content (AvgIpc) is 3.05. The second kappa shape index (κ2) is 11.3. The van der Waals surface area contributed by atoms with Crippen LogP contribution in [0.2, 0.25) is 0 Å². The molecule has 3 rings (SSSR count). The van der Waals surface area contributed by atoms with Gasteiger partial charge in [0.1, 0.15) is 0 Å². The van der Waals surface area contributed by atoms with Crippen molar-refractivity contribution < 1.29 is 13.2 Å². The molecule has 2 saturated heterocycles. The van der Waals surface area contributed by atoms with Gasteiger partial charge in [0.2, 0.25) is 10.0 Å². The predicted octanol–water partition coefficient (Wildman–Crippen LogP) is 3.64. The van der Waals surface area contributed by atoms with Crippen molar-refractivity contribution in [1.29, 1.82) is 0 Å². The third kappa shape index (κ3) is 6.28. The Morgan fingerprint density at radius 2 is 1.77 bits per heavy atom. The molecule has 168 valence electrons. The molecule has 2 fully saturated rings. The monoisotopic (exact) mass is 435 g/mol. The van der Waals surface area contributed by atoms with Crippen LogP contribution < -0.4 is 5.32 Å². The summed E-state index contributed by atoms with van der Waals surface area (Å²) in [6.45, 7) is 6.31. The summed E-state index contributed by atoms with van der Waals surface area (Å²) >= 11 is 0. The van der Waals surface area contributed by atoms with Gasteiger partial charge in [-0.3, -0.25) is 4.79 Å². The second-order valence-electron chi connectivity index (χ2n) is 8.69. The Labute approximate surface area is 182 Å². The van der Waals surface area contributed by atoms with E-state index in [-0.39, 0.29) is 10.8 Å². The lowest BCUT2D eigenvalue weighted by atomic mass is 10.0. The number of nitrogens with one attached hydrogen (secondary N) is 1. The molecule has 1 N–H and O–H groups in total. The van der Waals surface area contributed by atoms with Gasteiger partial charge >= 0.3 is 0 Å². The second-order valence-corrected chi connectivity index (χ2v) is 10.6. The summed E-state index contributed by atoms with van der Waals surface area (Å²) < 4.78 is 27.5. The van der Waals surface area contributed by atoms with Gasteiger partial charge in [0.15, 0.2) is 0 Å². The van der Waals surface area contributed by atoms with E-state index in [2.05, 4.69) is 17.1 Å². The number of piperidine rings is 1. The molecule has 1 unspecified atom stereocenters. The normalized spacial score (nSPS) is 21.8. The van der Waals surface area contributed by atoms with E-state index in [0.717, 1.165) is 45.1 Å². The average molecular weight is 436 g/mol. The van der Waals surface area contributed by atoms with E-state index >= 15 is 0 Å². The van der Waals surface area contributed by atoms with Crippen LogP contribution in [-0.2, 0) is 10.0 Å². The third-order valence-electron chi connectivity index (χ3n) is 6.40. The summed E-state index contributed by atoms with van der Waals surface area (Å²) in [5, 5.41) is 2.95. The largest absolute Gasteiger partial charge is 0.352 e. The van der Waals surface area contributed by atoms with E-state index in [1.54, 1.807) is 22.5 Å². The van der Waals surface area contributed by atoms with Crippen LogP contribution >= 0.6 is 0 Å². The molecule has 6 nitrogen and oxygen atoms in total. The van der Waals surface area contributed by atoms with Gasteiger partial charge in [-0.1, -0.05) is 25.3 Å². The van der Waals surface area contributed by atoms with Gasteiger partial charge < -0.3 is 10.2 Å². The first-order valence-corrected chi connectivity index (χ1v) is 13.0. The summed E-state index contributed by atoms with van der Waals surface area (Å²) in [4.78, 5) is 15.3. The van der Waals surface area contributed by atoms with Crippen molar-refractivity contribution in [2.75, 3.05) is 32.7 Å². The van der Waals surface area contributed by atoms with Crippen LogP contribution in [0, 0.1) is 0 Å². The zero-order valence-corrected chi connectivity index (χ0v) is 19.1. The predicted molar refractivity (Wildman–Crippen MR) is 120 cm³/mol. The molecule has 0 saturated carbocycles. The number of sulfonamides is 1. The molecule has 0 spiro atoms. The highest BCUT2D eigenvalue weighted by molar-refractivity contribution is 7.89. The van der Waals surface area contributed by atoms with Crippen LogP contribution in [0.4, 0.5) is 0 Å². The Balaban J connectivity index is 1.49. The molecular formula is C23H37N3O3S. The van der Waals surface area contributed by atoms with E-state index < -0.39 is 10.0 Å². The SMILES string of the molecule is CC1CCCCN1CCCCNC(=O)c1cccc(S(=O)(=O)N2CCCCCC2)c1. The highest BCUT2D eigenvalue weighted by Crippen LogP contribution is 2.21. The third-order valence-corrected chi connectivity index (χ3v) is 8.29. The fourth-order valence-corrected chi connectivity index (χ4v) is 6.03. The van der Waals surface area contributed by atoms with Gasteiger partial charge in [-0.2, -0.15) is 4.31 Å². The number of hydrogen-bond donors (Lipinski definition) is 1. The Morgan fingerprint density at radius 3 is 2.50 bits per heavy atom. The lowest BCUT2D eigenvalue weighted by Crippen LogP contribution is -2.38. The molecule has 1 atom stereocenters. The minimum atomic E-state index is -3.54. The molecule has 30 heavy (non-hydrogen) atoms. The molecule has 7 heteroatoms. The van der Waals surface area contributed by atoms with Gasteiger partial charge in [0.25, 0.3) is 5.91 Å². The number of nitrogens with zero attached hydrogens (tertiary/aromatic N) is 2. The topological polar surface area (TPSA) is 69.7 Å². The van der Waals surface area contributed by atoms with Crippen molar-refractivity contribution in [3.05, 3.63) is 29.8 Å². The van der Waals surface area contributed by atoms with Gasteiger partial charge in [-0.05, 0) is 76.7 Å². The number of unbranched alkanes of at least 4 members (excludes halogenated alkanes) is 1. The van der Waals surface area contributed by atoms with Crippen molar-refractivity contribution in [2.45, 2.75) is 75.6 Å². The molecule has 1 aromatic carbocycles. The lowest BCUT2D eigenvalue weighted by Gasteiger charge is -2.33. The van der Waals surface area contributed by atoms with Crippen molar-refractivity contribution in [1.82, 2.24) is 14.5 Å². The smallest absolute Gasteiger partial charge is 0.251 e. The fourth-order valence-electron chi connectivity index (χ4n) is 4.46. The van der Waals surface area contributed by atoms with Crippen molar-refractivity contribution >= 4 is 15.9 Å². The lowest BCUT2D eigenvalue weighted by molar-refractivity contribution is 0.0951. The summed E-state index contributed by atoms with van der Waals surface area (Å²) in [6, 6.07) is 7.13. The molecule has 0 aliphatic carbocycles. The fraction of sp³-hybridized carbons (Fsp3) is 0.696. The number of carbonyl (C=O) groups is 1. The molecule has 2 aliphatic heterocycles. The first-order valence-electron chi connectivity index (χ1n) is 11.6. The summed E-state index contributed by atoms with van der Waals surface area (Å²) in [5.74, 6) is -0.200. The standard InChI is InChI=1S/C23H37N3O3S/c1-20-11-4-8-15-25(20)16-9-5-14-24-23(27)21-12-10-13-22(19-21)30(28,29)26-17-6-2-3-7-18-26/h10,12-13,19-20H,2-9,11,14-18H2,1H3,(H,24,27). The van der Waals surface area contributed by atoms with E-state index in [1.165, 1.54) is 31.9 Å².